The Labute approximate surface area is 108 Å². The number of hydrogen-bond acceptors (Lipinski definition) is 3. The zero-order valence-corrected chi connectivity index (χ0v) is 10.9. The molecule has 0 aliphatic heterocycles. The predicted molar refractivity (Wildman–Crippen MR) is 68.9 cm³/mol. The molecule has 0 heterocycles. The van der Waals surface area contributed by atoms with Gasteiger partial charge in [0.2, 0.25) is 0 Å². The summed E-state index contributed by atoms with van der Waals surface area (Å²) in [6.45, 7) is 5.35. The molecular weight excluding hydrogens is 228 g/mol. The standard InChI is InChI=1S/C14H18N2O2/c1-14(2,3)18-13(17)16-12(10-15)9-11-7-5-4-6-8-11/h4-8,12H,9H2,1-3H3,(H,16,17)/t12-/m0/s1. The third-order valence-corrected chi connectivity index (χ3v) is 2.13. The maximum Gasteiger partial charge on any atom is 0.408 e. The van der Waals surface area contributed by atoms with Crippen LogP contribution in [-0.2, 0) is 11.2 Å². The third-order valence-electron chi connectivity index (χ3n) is 2.13. The summed E-state index contributed by atoms with van der Waals surface area (Å²) in [5.74, 6) is 0. The normalized spacial score (nSPS) is 12.3. The number of carbonyl (C=O) groups excluding carboxylic acids is 1. The second kappa shape index (κ2) is 6.06. The van der Waals surface area contributed by atoms with Crippen LogP contribution in [-0.4, -0.2) is 17.7 Å². The zero-order chi connectivity index (χ0) is 13.6. The Morgan fingerprint density at radius 3 is 2.50 bits per heavy atom. The molecule has 1 N–H and O–H groups in total. The number of hydrogen-bond donors (Lipinski definition) is 1. The van der Waals surface area contributed by atoms with Gasteiger partial charge in [0.1, 0.15) is 11.6 Å². The number of ether oxygens (including phenoxy) is 1. The summed E-state index contributed by atoms with van der Waals surface area (Å²) in [5.41, 5.74) is 0.441. The predicted octanol–water partition coefficient (Wildman–Crippen LogP) is 2.65. The molecule has 1 atom stereocenters. The van der Waals surface area contributed by atoms with Gasteiger partial charge in [0, 0.05) is 6.42 Å². The molecule has 1 aromatic carbocycles. The first-order valence-electron chi connectivity index (χ1n) is 5.84. The van der Waals surface area contributed by atoms with Gasteiger partial charge in [0.25, 0.3) is 0 Å². The molecule has 0 aliphatic carbocycles. The van der Waals surface area contributed by atoms with Crippen LogP contribution >= 0.6 is 0 Å². The van der Waals surface area contributed by atoms with Crippen molar-refractivity contribution in [3.8, 4) is 6.07 Å². The van der Waals surface area contributed by atoms with Gasteiger partial charge < -0.3 is 10.1 Å². The fourth-order valence-electron chi connectivity index (χ4n) is 1.43. The Balaban J connectivity index is 2.54. The van der Waals surface area contributed by atoms with Gasteiger partial charge in [-0.1, -0.05) is 30.3 Å². The van der Waals surface area contributed by atoms with Gasteiger partial charge in [-0.25, -0.2) is 4.79 Å². The highest BCUT2D eigenvalue weighted by Crippen LogP contribution is 2.08. The second-order valence-electron chi connectivity index (χ2n) is 5.02. The molecule has 18 heavy (non-hydrogen) atoms. The van der Waals surface area contributed by atoms with Crippen LogP contribution in [0.5, 0.6) is 0 Å². The molecule has 1 amide bonds. The van der Waals surface area contributed by atoms with Crippen molar-refractivity contribution in [3.63, 3.8) is 0 Å². The summed E-state index contributed by atoms with van der Waals surface area (Å²) in [7, 11) is 0. The summed E-state index contributed by atoms with van der Waals surface area (Å²) in [5, 5.41) is 11.6. The van der Waals surface area contributed by atoms with Gasteiger partial charge in [-0.15, -0.1) is 0 Å². The fourth-order valence-corrected chi connectivity index (χ4v) is 1.43. The van der Waals surface area contributed by atoms with Gasteiger partial charge in [-0.2, -0.15) is 5.26 Å². The number of nitriles is 1. The lowest BCUT2D eigenvalue weighted by molar-refractivity contribution is 0.0516. The van der Waals surface area contributed by atoms with Gasteiger partial charge in [-0.3, -0.25) is 0 Å². The molecule has 1 aromatic rings. The average molecular weight is 246 g/mol. The van der Waals surface area contributed by atoms with E-state index in [4.69, 9.17) is 10.00 Å². The molecule has 0 fully saturated rings. The first-order chi connectivity index (χ1) is 8.40. The third kappa shape index (κ3) is 5.35. The van der Waals surface area contributed by atoms with E-state index in [0.29, 0.717) is 6.42 Å². The maximum absolute atomic E-state index is 11.5. The number of amides is 1. The van der Waals surface area contributed by atoms with Crippen LogP contribution in [0.3, 0.4) is 0 Å². The van der Waals surface area contributed by atoms with Gasteiger partial charge in [-0.05, 0) is 26.3 Å². The molecule has 4 nitrogen and oxygen atoms in total. The highest BCUT2D eigenvalue weighted by molar-refractivity contribution is 5.68. The Morgan fingerprint density at radius 2 is 2.00 bits per heavy atom. The van der Waals surface area contributed by atoms with E-state index < -0.39 is 17.7 Å². The van der Waals surface area contributed by atoms with Crippen LogP contribution in [0.1, 0.15) is 26.3 Å². The van der Waals surface area contributed by atoms with E-state index in [-0.39, 0.29) is 0 Å². The van der Waals surface area contributed by atoms with E-state index in [1.54, 1.807) is 20.8 Å². The number of nitrogens with zero attached hydrogens (tertiary/aromatic N) is 1. The molecular formula is C14H18N2O2. The van der Waals surface area contributed by atoms with Crippen molar-refractivity contribution in [2.45, 2.75) is 38.8 Å². The van der Waals surface area contributed by atoms with Gasteiger partial charge >= 0.3 is 6.09 Å². The number of nitrogens with one attached hydrogen (secondary N) is 1. The topological polar surface area (TPSA) is 62.1 Å². The zero-order valence-electron chi connectivity index (χ0n) is 10.9. The molecule has 0 saturated heterocycles. The van der Waals surface area contributed by atoms with Crippen molar-refractivity contribution in [1.82, 2.24) is 5.32 Å². The van der Waals surface area contributed by atoms with Crippen molar-refractivity contribution in [2.24, 2.45) is 0 Å². The summed E-state index contributed by atoms with van der Waals surface area (Å²) >= 11 is 0. The van der Waals surface area contributed by atoms with E-state index in [1.807, 2.05) is 30.3 Å². The van der Waals surface area contributed by atoms with E-state index in [1.165, 1.54) is 0 Å². The molecule has 4 heteroatoms. The summed E-state index contributed by atoms with van der Waals surface area (Å²) in [4.78, 5) is 11.5. The van der Waals surface area contributed by atoms with E-state index in [0.717, 1.165) is 5.56 Å². The molecule has 0 spiro atoms. The largest absolute Gasteiger partial charge is 0.444 e. The molecule has 96 valence electrons. The first kappa shape index (κ1) is 14.0. The summed E-state index contributed by atoms with van der Waals surface area (Å²) < 4.78 is 5.11. The maximum atomic E-state index is 11.5. The van der Waals surface area contributed by atoms with Crippen molar-refractivity contribution in [3.05, 3.63) is 35.9 Å². The van der Waals surface area contributed by atoms with E-state index in [2.05, 4.69) is 11.4 Å². The minimum atomic E-state index is -0.581. The minimum Gasteiger partial charge on any atom is -0.444 e. The molecule has 0 bridgehead atoms. The Bertz CT molecular complexity index is 429. The smallest absolute Gasteiger partial charge is 0.408 e. The second-order valence-corrected chi connectivity index (χ2v) is 5.02. The lowest BCUT2D eigenvalue weighted by atomic mass is 10.1. The van der Waals surface area contributed by atoms with Crippen LogP contribution in [0.2, 0.25) is 0 Å². The minimum absolute atomic E-state index is 0.469. The van der Waals surface area contributed by atoms with Gasteiger partial charge in [0.05, 0.1) is 6.07 Å². The quantitative estimate of drug-likeness (QED) is 0.891. The number of carbonyl (C=O) groups is 1. The molecule has 1 rings (SSSR count). The summed E-state index contributed by atoms with van der Waals surface area (Å²) in [6.07, 6.45) is -0.0960. The number of rotatable bonds is 3. The highest BCUT2D eigenvalue weighted by Gasteiger charge is 2.19. The van der Waals surface area contributed by atoms with Crippen LogP contribution in [0.15, 0.2) is 30.3 Å². The molecule has 0 unspecified atom stereocenters. The Kier molecular flexibility index (Phi) is 4.73. The Morgan fingerprint density at radius 1 is 1.39 bits per heavy atom. The van der Waals surface area contributed by atoms with Crippen molar-refractivity contribution in [2.75, 3.05) is 0 Å². The van der Waals surface area contributed by atoms with Crippen LogP contribution in [0.25, 0.3) is 0 Å². The summed E-state index contributed by atoms with van der Waals surface area (Å²) in [6, 6.07) is 11.0. The highest BCUT2D eigenvalue weighted by atomic mass is 16.6. The molecule has 0 aliphatic rings. The van der Waals surface area contributed by atoms with Gasteiger partial charge in [0.15, 0.2) is 0 Å². The molecule has 0 aromatic heterocycles. The SMILES string of the molecule is CC(C)(C)OC(=O)N[C@H](C#N)Cc1ccccc1. The van der Waals surface area contributed by atoms with Crippen LogP contribution < -0.4 is 5.32 Å². The molecule has 0 radical (unpaired) electrons. The van der Waals surface area contributed by atoms with E-state index >= 15 is 0 Å². The average Bonchev–Trinajstić information content (AvgIpc) is 2.27. The van der Waals surface area contributed by atoms with Crippen LogP contribution in [0, 0.1) is 11.3 Å². The van der Waals surface area contributed by atoms with Crippen molar-refractivity contribution < 1.29 is 9.53 Å². The number of benzene rings is 1. The fraction of sp³-hybridized carbons (Fsp3) is 0.429. The monoisotopic (exact) mass is 246 g/mol. The lowest BCUT2D eigenvalue weighted by Gasteiger charge is -2.21. The number of alkyl carbamates (subject to hydrolysis) is 1. The van der Waals surface area contributed by atoms with Crippen molar-refractivity contribution in [1.29, 1.82) is 5.26 Å². The Hall–Kier alpha value is -2.02. The lowest BCUT2D eigenvalue weighted by Crippen LogP contribution is -2.39. The first-order valence-corrected chi connectivity index (χ1v) is 5.84. The van der Waals surface area contributed by atoms with E-state index in [9.17, 15) is 4.79 Å². The van der Waals surface area contributed by atoms with Crippen LogP contribution in [0.4, 0.5) is 4.79 Å². The molecule has 0 saturated carbocycles. The van der Waals surface area contributed by atoms with Crippen molar-refractivity contribution >= 4 is 6.09 Å².